The molecule has 0 unspecified atom stereocenters. The largest absolute Gasteiger partial charge is 0.289 e. The minimum absolute atomic E-state index is 0.175. The smallest absolute Gasteiger partial charge is 0.258 e. The minimum Gasteiger partial charge on any atom is -0.289 e. The number of aryl methyl sites for hydroxylation is 2. The van der Waals surface area contributed by atoms with Crippen molar-refractivity contribution in [2.45, 2.75) is 13.8 Å². The van der Waals surface area contributed by atoms with Gasteiger partial charge < -0.3 is 0 Å². The molecule has 0 spiro atoms. The van der Waals surface area contributed by atoms with Crippen LogP contribution in [0.25, 0.3) is 0 Å². The maximum absolute atomic E-state index is 13.3. The SMILES string of the molecule is Cc1nc(NC(=O)c2ccc(C)c(F)c2)n[nH]1. The summed E-state index contributed by atoms with van der Waals surface area (Å²) in [6.07, 6.45) is 0. The van der Waals surface area contributed by atoms with Crippen LogP contribution in [0.1, 0.15) is 21.7 Å². The van der Waals surface area contributed by atoms with Gasteiger partial charge in [0.15, 0.2) is 0 Å². The molecule has 0 radical (unpaired) electrons. The topological polar surface area (TPSA) is 70.7 Å². The number of aromatic nitrogens is 3. The third kappa shape index (κ3) is 2.47. The molecule has 1 amide bonds. The van der Waals surface area contributed by atoms with Gasteiger partial charge in [-0.05, 0) is 31.5 Å². The minimum atomic E-state index is -0.442. The van der Waals surface area contributed by atoms with E-state index in [9.17, 15) is 9.18 Å². The van der Waals surface area contributed by atoms with Gasteiger partial charge in [0.1, 0.15) is 11.6 Å². The Bertz CT molecular complexity index is 564. The van der Waals surface area contributed by atoms with Crippen LogP contribution in [0, 0.1) is 19.7 Å². The van der Waals surface area contributed by atoms with Crippen LogP contribution >= 0.6 is 0 Å². The number of hydrogen-bond acceptors (Lipinski definition) is 3. The number of nitrogens with one attached hydrogen (secondary N) is 2. The van der Waals surface area contributed by atoms with E-state index in [1.54, 1.807) is 26.0 Å². The van der Waals surface area contributed by atoms with Crippen LogP contribution in [0.5, 0.6) is 0 Å². The second-order valence-electron chi connectivity index (χ2n) is 3.66. The van der Waals surface area contributed by atoms with Crippen molar-refractivity contribution in [2.24, 2.45) is 0 Å². The fourth-order valence-corrected chi connectivity index (χ4v) is 1.31. The predicted octanol–water partition coefficient (Wildman–Crippen LogP) is 1.81. The summed E-state index contributed by atoms with van der Waals surface area (Å²) >= 11 is 0. The van der Waals surface area contributed by atoms with Gasteiger partial charge in [0.05, 0.1) is 0 Å². The van der Waals surface area contributed by atoms with Gasteiger partial charge in [-0.25, -0.2) is 4.39 Å². The zero-order valence-corrected chi connectivity index (χ0v) is 9.41. The van der Waals surface area contributed by atoms with Crippen molar-refractivity contribution in [3.8, 4) is 0 Å². The Morgan fingerprint density at radius 2 is 2.18 bits per heavy atom. The van der Waals surface area contributed by atoms with Gasteiger partial charge in [0, 0.05) is 5.56 Å². The lowest BCUT2D eigenvalue weighted by molar-refractivity contribution is 0.102. The predicted molar refractivity (Wildman–Crippen MR) is 60.2 cm³/mol. The monoisotopic (exact) mass is 234 g/mol. The summed E-state index contributed by atoms with van der Waals surface area (Å²) in [6.45, 7) is 3.35. The number of hydrogen-bond donors (Lipinski definition) is 2. The van der Waals surface area contributed by atoms with E-state index in [0.717, 1.165) is 0 Å². The number of H-pyrrole nitrogens is 1. The highest BCUT2D eigenvalue weighted by atomic mass is 19.1. The zero-order valence-electron chi connectivity index (χ0n) is 9.41. The van der Waals surface area contributed by atoms with Gasteiger partial charge in [-0.3, -0.25) is 15.2 Å². The van der Waals surface area contributed by atoms with Crippen molar-refractivity contribution in [3.63, 3.8) is 0 Å². The molecular weight excluding hydrogens is 223 g/mol. The molecule has 1 heterocycles. The van der Waals surface area contributed by atoms with Crippen molar-refractivity contribution >= 4 is 11.9 Å². The maximum atomic E-state index is 13.3. The van der Waals surface area contributed by atoms with E-state index >= 15 is 0 Å². The second-order valence-corrected chi connectivity index (χ2v) is 3.66. The van der Waals surface area contributed by atoms with Crippen molar-refractivity contribution in [2.75, 3.05) is 5.32 Å². The van der Waals surface area contributed by atoms with Crippen molar-refractivity contribution in [3.05, 3.63) is 41.0 Å². The first kappa shape index (κ1) is 11.3. The normalized spacial score (nSPS) is 10.3. The summed E-state index contributed by atoms with van der Waals surface area (Å²) in [4.78, 5) is 15.6. The quantitative estimate of drug-likeness (QED) is 0.832. The highest BCUT2D eigenvalue weighted by Gasteiger charge is 2.10. The van der Waals surface area contributed by atoms with E-state index in [2.05, 4.69) is 20.5 Å². The van der Waals surface area contributed by atoms with Crippen LogP contribution in [-0.4, -0.2) is 21.1 Å². The maximum Gasteiger partial charge on any atom is 0.258 e. The lowest BCUT2D eigenvalue weighted by Crippen LogP contribution is -2.13. The molecule has 1 aromatic heterocycles. The molecule has 5 nitrogen and oxygen atoms in total. The van der Waals surface area contributed by atoms with Crippen molar-refractivity contribution in [1.29, 1.82) is 0 Å². The molecule has 2 aromatic rings. The lowest BCUT2D eigenvalue weighted by atomic mass is 10.1. The van der Waals surface area contributed by atoms with Crippen LogP contribution in [0.2, 0.25) is 0 Å². The van der Waals surface area contributed by atoms with Crippen molar-refractivity contribution in [1.82, 2.24) is 15.2 Å². The molecule has 0 aliphatic carbocycles. The fraction of sp³-hybridized carbons (Fsp3) is 0.182. The number of carbonyl (C=O) groups excluding carboxylic acids is 1. The van der Waals surface area contributed by atoms with Gasteiger partial charge in [-0.2, -0.15) is 4.98 Å². The molecular formula is C11H11FN4O. The first-order valence-corrected chi connectivity index (χ1v) is 5.03. The van der Waals surface area contributed by atoms with Crippen LogP contribution in [-0.2, 0) is 0 Å². The Balaban J connectivity index is 2.17. The lowest BCUT2D eigenvalue weighted by Gasteiger charge is -2.02. The summed E-state index contributed by atoms with van der Waals surface area (Å²) in [5.74, 6) is -0.0874. The Morgan fingerprint density at radius 1 is 1.41 bits per heavy atom. The number of aromatic amines is 1. The average Bonchev–Trinajstić information content (AvgIpc) is 2.68. The molecule has 0 fully saturated rings. The van der Waals surface area contributed by atoms with Crippen molar-refractivity contribution < 1.29 is 9.18 Å². The number of nitrogens with zero attached hydrogens (tertiary/aromatic N) is 2. The molecule has 2 N–H and O–H groups in total. The highest BCUT2D eigenvalue weighted by Crippen LogP contribution is 2.10. The molecule has 0 aliphatic rings. The van der Waals surface area contributed by atoms with Gasteiger partial charge in [-0.15, -0.1) is 5.10 Å². The van der Waals surface area contributed by atoms with E-state index in [-0.39, 0.29) is 11.5 Å². The van der Waals surface area contributed by atoms with E-state index in [1.165, 1.54) is 6.07 Å². The molecule has 2 rings (SSSR count). The molecule has 0 atom stereocenters. The highest BCUT2D eigenvalue weighted by molar-refractivity contribution is 6.03. The number of amides is 1. The van der Waals surface area contributed by atoms with Crippen LogP contribution in [0.4, 0.5) is 10.3 Å². The Kier molecular flexibility index (Phi) is 2.86. The summed E-state index contributed by atoms with van der Waals surface area (Å²) in [5, 5.41) is 8.82. The van der Waals surface area contributed by atoms with E-state index in [4.69, 9.17) is 0 Å². The van der Waals surface area contributed by atoms with Gasteiger partial charge >= 0.3 is 0 Å². The Morgan fingerprint density at radius 3 is 2.76 bits per heavy atom. The third-order valence-corrected chi connectivity index (χ3v) is 2.26. The standard InChI is InChI=1S/C11H11FN4O/c1-6-3-4-8(5-9(6)12)10(17)14-11-13-7(2)15-16-11/h3-5H,1-2H3,(H2,13,14,15,16,17). The van der Waals surface area contributed by atoms with E-state index in [1.807, 2.05) is 0 Å². The number of anilines is 1. The molecule has 6 heteroatoms. The molecule has 0 saturated carbocycles. The molecule has 17 heavy (non-hydrogen) atoms. The average molecular weight is 234 g/mol. The molecule has 1 aromatic carbocycles. The summed E-state index contributed by atoms with van der Waals surface area (Å²) in [6, 6.07) is 4.28. The van der Waals surface area contributed by atoms with Crippen LogP contribution < -0.4 is 5.32 Å². The van der Waals surface area contributed by atoms with Gasteiger partial charge in [0.2, 0.25) is 5.95 Å². The van der Waals surface area contributed by atoms with Crippen LogP contribution in [0.15, 0.2) is 18.2 Å². The molecule has 88 valence electrons. The number of carbonyl (C=O) groups is 1. The van der Waals surface area contributed by atoms with E-state index in [0.29, 0.717) is 11.4 Å². The third-order valence-electron chi connectivity index (χ3n) is 2.26. The van der Waals surface area contributed by atoms with Gasteiger partial charge in [0.25, 0.3) is 5.91 Å². The molecule has 0 bridgehead atoms. The summed E-state index contributed by atoms with van der Waals surface area (Å²) < 4.78 is 13.3. The van der Waals surface area contributed by atoms with Gasteiger partial charge in [-0.1, -0.05) is 6.07 Å². The van der Waals surface area contributed by atoms with E-state index < -0.39 is 11.7 Å². The summed E-state index contributed by atoms with van der Waals surface area (Å²) in [7, 11) is 0. The number of benzene rings is 1. The summed E-state index contributed by atoms with van der Waals surface area (Å²) in [5.41, 5.74) is 0.728. The van der Waals surface area contributed by atoms with Crippen LogP contribution in [0.3, 0.4) is 0 Å². The first-order valence-electron chi connectivity index (χ1n) is 5.03. The zero-order chi connectivity index (χ0) is 12.4. The molecule has 0 saturated heterocycles. The second kappa shape index (κ2) is 4.32. The fourth-order valence-electron chi connectivity index (χ4n) is 1.31. The Labute approximate surface area is 97.1 Å². The first-order chi connectivity index (χ1) is 8.06. The number of rotatable bonds is 2. The Hall–Kier alpha value is -2.24. The molecule has 0 aliphatic heterocycles. The number of halogens is 1.